The van der Waals surface area contributed by atoms with Crippen LogP contribution in [0.25, 0.3) is 59.8 Å². The van der Waals surface area contributed by atoms with Crippen molar-refractivity contribution in [3.05, 3.63) is 85.1 Å². The highest BCUT2D eigenvalue weighted by atomic mass is 14.9. The molecular formula is C25H14N2. The third kappa shape index (κ3) is 1.51. The summed E-state index contributed by atoms with van der Waals surface area (Å²) in [4.78, 5) is 4.92. The molecule has 0 fully saturated rings. The van der Waals surface area contributed by atoms with Gasteiger partial charge in [-0.25, -0.2) is 0 Å². The normalized spacial score (nSPS) is 12.4. The molecule has 0 N–H and O–H groups in total. The molecule has 0 aliphatic heterocycles. The summed E-state index contributed by atoms with van der Waals surface area (Å²) in [5.41, 5.74) is 4.81. The van der Waals surface area contributed by atoms with Crippen molar-refractivity contribution < 1.29 is 0 Å². The summed E-state index contributed by atoms with van der Waals surface area (Å²) in [5.74, 6) is 0. The molecule has 27 heavy (non-hydrogen) atoms. The van der Waals surface area contributed by atoms with E-state index in [1.54, 1.807) is 0 Å². The third-order valence-electron chi connectivity index (χ3n) is 5.93. The van der Waals surface area contributed by atoms with E-state index in [0.717, 1.165) is 5.52 Å². The molecule has 0 unspecified atom stereocenters. The van der Waals surface area contributed by atoms with Crippen LogP contribution in [0.1, 0.15) is 0 Å². The van der Waals surface area contributed by atoms with Crippen molar-refractivity contribution in [3.8, 4) is 0 Å². The van der Waals surface area contributed by atoms with Gasteiger partial charge in [0, 0.05) is 38.5 Å². The third-order valence-corrected chi connectivity index (χ3v) is 5.93. The highest BCUT2D eigenvalue weighted by molar-refractivity contribution is 6.30. The van der Waals surface area contributed by atoms with Crippen molar-refractivity contribution in [2.24, 2.45) is 0 Å². The van der Waals surface area contributed by atoms with Crippen molar-refractivity contribution in [3.63, 3.8) is 0 Å². The Kier molecular flexibility index (Phi) is 2.28. The average molecular weight is 342 g/mol. The van der Waals surface area contributed by atoms with Gasteiger partial charge in [-0.2, -0.15) is 0 Å². The van der Waals surface area contributed by atoms with Crippen LogP contribution >= 0.6 is 0 Å². The minimum Gasteiger partial charge on any atom is -0.306 e. The lowest BCUT2D eigenvalue weighted by Gasteiger charge is -2.14. The minimum absolute atomic E-state index is 1.07. The summed E-state index contributed by atoms with van der Waals surface area (Å²) in [7, 11) is 0. The fourth-order valence-corrected chi connectivity index (χ4v) is 4.83. The van der Waals surface area contributed by atoms with Crippen LogP contribution in [-0.4, -0.2) is 9.38 Å². The van der Waals surface area contributed by atoms with Crippen LogP contribution in [0.3, 0.4) is 0 Å². The molecule has 0 saturated heterocycles. The molecule has 4 aromatic carbocycles. The summed E-state index contributed by atoms with van der Waals surface area (Å²) >= 11 is 0. The molecule has 2 heteroatoms. The van der Waals surface area contributed by atoms with Crippen molar-refractivity contribution in [1.82, 2.24) is 9.38 Å². The van der Waals surface area contributed by atoms with E-state index in [4.69, 9.17) is 4.98 Å². The highest BCUT2D eigenvalue weighted by Gasteiger charge is 2.19. The maximum Gasteiger partial charge on any atom is 0.0956 e. The molecule has 7 aromatic rings. The Labute approximate surface area is 154 Å². The second-order valence-electron chi connectivity index (χ2n) is 7.26. The zero-order valence-corrected chi connectivity index (χ0v) is 14.5. The molecule has 0 radical (unpaired) electrons. The Morgan fingerprint density at radius 2 is 1.33 bits per heavy atom. The number of rotatable bonds is 0. The van der Waals surface area contributed by atoms with Gasteiger partial charge in [-0.05, 0) is 11.5 Å². The number of hydrogen-bond donors (Lipinski definition) is 0. The first-order valence-electron chi connectivity index (χ1n) is 9.25. The summed E-state index contributed by atoms with van der Waals surface area (Å²) < 4.78 is 2.44. The first-order chi connectivity index (χ1) is 13.4. The van der Waals surface area contributed by atoms with Gasteiger partial charge >= 0.3 is 0 Å². The van der Waals surface area contributed by atoms with Crippen LogP contribution in [0.4, 0.5) is 0 Å². The predicted molar refractivity (Wildman–Crippen MR) is 114 cm³/mol. The summed E-state index contributed by atoms with van der Waals surface area (Å²) in [5, 5.41) is 8.83. The molecule has 0 bridgehead atoms. The average Bonchev–Trinajstić information content (AvgIpc) is 3.08. The van der Waals surface area contributed by atoms with E-state index in [2.05, 4.69) is 83.3 Å². The number of fused-ring (bicyclic) bond motifs is 8. The summed E-state index contributed by atoms with van der Waals surface area (Å²) in [6.07, 6.45) is 2.00. The zero-order valence-electron chi connectivity index (χ0n) is 14.5. The van der Waals surface area contributed by atoms with Crippen molar-refractivity contribution in [1.29, 1.82) is 0 Å². The minimum atomic E-state index is 1.07. The number of benzene rings is 4. The fourth-order valence-electron chi connectivity index (χ4n) is 4.83. The Bertz CT molecular complexity index is 1670. The molecule has 0 atom stereocenters. The molecular weight excluding hydrogens is 328 g/mol. The van der Waals surface area contributed by atoms with Gasteiger partial charge in [0.1, 0.15) is 0 Å². The van der Waals surface area contributed by atoms with E-state index in [9.17, 15) is 0 Å². The maximum atomic E-state index is 4.92. The molecule has 2 nitrogen and oxygen atoms in total. The molecule has 0 spiro atoms. The Hall–Kier alpha value is -3.65. The topological polar surface area (TPSA) is 17.3 Å². The van der Waals surface area contributed by atoms with E-state index in [1.807, 2.05) is 6.20 Å². The second kappa shape index (κ2) is 4.54. The number of nitrogens with zero attached hydrogens (tertiary/aromatic N) is 2. The Morgan fingerprint density at radius 3 is 2.30 bits per heavy atom. The number of aromatic nitrogens is 2. The largest absolute Gasteiger partial charge is 0.306 e. The first kappa shape index (κ1) is 13.5. The van der Waals surface area contributed by atoms with E-state index < -0.39 is 0 Å². The quantitative estimate of drug-likeness (QED) is 0.226. The molecule has 0 aliphatic rings. The monoisotopic (exact) mass is 342 g/mol. The predicted octanol–water partition coefficient (Wildman–Crippen LogP) is 6.54. The summed E-state index contributed by atoms with van der Waals surface area (Å²) in [6, 6.07) is 28.3. The lowest BCUT2D eigenvalue weighted by Crippen LogP contribution is -1.95. The molecule has 0 saturated carbocycles. The second-order valence-corrected chi connectivity index (χ2v) is 7.26. The van der Waals surface area contributed by atoms with Gasteiger partial charge in [0.05, 0.1) is 22.1 Å². The first-order valence-corrected chi connectivity index (χ1v) is 9.25. The van der Waals surface area contributed by atoms with Crippen molar-refractivity contribution >= 4 is 59.8 Å². The lowest BCUT2D eigenvalue weighted by atomic mass is 9.99. The number of pyridine rings is 2. The van der Waals surface area contributed by atoms with Gasteiger partial charge in [0.25, 0.3) is 0 Å². The Morgan fingerprint density at radius 1 is 0.556 bits per heavy atom. The van der Waals surface area contributed by atoms with E-state index >= 15 is 0 Å². The van der Waals surface area contributed by atoms with Gasteiger partial charge in [-0.3, -0.25) is 4.98 Å². The molecule has 0 amide bonds. The van der Waals surface area contributed by atoms with Gasteiger partial charge in [0.15, 0.2) is 0 Å². The number of para-hydroxylation sites is 1. The van der Waals surface area contributed by atoms with Crippen LogP contribution in [-0.2, 0) is 0 Å². The lowest BCUT2D eigenvalue weighted by molar-refractivity contribution is 1.33. The van der Waals surface area contributed by atoms with Crippen molar-refractivity contribution in [2.45, 2.75) is 0 Å². The Balaban J connectivity index is 2.01. The van der Waals surface area contributed by atoms with Crippen molar-refractivity contribution in [2.75, 3.05) is 0 Å². The van der Waals surface area contributed by atoms with E-state index in [-0.39, 0.29) is 0 Å². The SMILES string of the molecule is c1ccc2c(c1)cnc1c3cccc4ccc5c6ccccc6n(c21)c5c43. The van der Waals surface area contributed by atoms with Crippen LogP contribution in [0.5, 0.6) is 0 Å². The van der Waals surface area contributed by atoms with Gasteiger partial charge < -0.3 is 4.40 Å². The molecule has 7 rings (SSSR count). The van der Waals surface area contributed by atoms with Crippen LogP contribution in [0, 0.1) is 0 Å². The standard InChI is InChI=1S/C25H14N2/c1-2-8-17-16(6-1)14-26-23-20-10-5-7-15-12-13-19-18-9-3-4-11-21(18)27(25(17)23)24(19)22(15)20/h1-14H. The molecule has 3 aromatic heterocycles. The van der Waals surface area contributed by atoms with Gasteiger partial charge in [0.2, 0.25) is 0 Å². The highest BCUT2D eigenvalue weighted by Crippen LogP contribution is 2.41. The van der Waals surface area contributed by atoms with Crippen LogP contribution in [0.15, 0.2) is 85.1 Å². The number of hydrogen-bond acceptors (Lipinski definition) is 1. The van der Waals surface area contributed by atoms with E-state index in [0.29, 0.717) is 0 Å². The van der Waals surface area contributed by atoms with Crippen LogP contribution in [0.2, 0.25) is 0 Å². The van der Waals surface area contributed by atoms with Crippen LogP contribution < -0.4 is 0 Å². The molecule has 3 heterocycles. The summed E-state index contributed by atoms with van der Waals surface area (Å²) in [6.45, 7) is 0. The van der Waals surface area contributed by atoms with Gasteiger partial charge in [-0.1, -0.05) is 72.8 Å². The molecule has 124 valence electrons. The molecule has 0 aliphatic carbocycles. The zero-order chi connectivity index (χ0) is 17.5. The van der Waals surface area contributed by atoms with E-state index in [1.165, 1.54) is 54.3 Å². The maximum absolute atomic E-state index is 4.92. The smallest absolute Gasteiger partial charge is 0.0956 e. The van der Waals surface area contributed by atoms with Gasteiger partial charge in [-0.15, -0.1) is 0 Å². The fraction of sp³-hybridized carbons (Fsp3) is 0.